The normalized spacial score (nSPS) is 20.7. The molecule has 0 aromatic rings. The molecule has 1 saturated carbocycles. The fraction of sp³-hybridized carbons (Fsp3) is 0.833. The molecule has 1 aliphatic heterocycles. The summed E-state index contributed by atoms with van der Waals surface area (Å²) >= 11 is 0. The van der Waals surface area contributed by atoms with E-state index in [2.05, 4.69) is 18.4 Å². The fourth-order valence-electron chi connectivity index (χ4n) is 2.69. The van der Waals surface area contributed by atoms with E-state index < -0.39 is 37.4 Å². The minimum Gasteiger partial charge on any atom is -0.298 e. The predicted molar refractivity (Wildman–Crippen MR) is 80.4 cm³/mol. The highest BCUT2D eigenvalue weighted by molar-refractivity contribution is 7.87. The van der Waals surface area contributed by atoms with E-state index in [1.54, 1.807) is 0 Å². The van der Waals surface area contributed by atoms with Gasteiger partial charge in [-0.2, -0.15) is 16.8 Å². The molecular weight excluding hydrogens is 382 g/mol. The van der Waals surface area contributed by atoms with Gasteiger partial charge in [0.1, 0.15) is 5.25 Å². The van der Waals surface area contributed by atoms with E-state index in [0.29, 0.717) is 12.3 Å². The van der Waals surface area contributed by atoms with E-state index in [4.69, 9.17) is 0 Å². The molecule has 25 heavy (non-hydrogen) atoms. The summed E-state index contributed by atoms with van der Waals surface area (Å²) in [7, 11) is -8.36. The topological polar surface area (TPSA) is 143 Å². The third kappa shape index (κ3) is 5.88. The second-order valence-electron chi connectivity index (χ2n) is 5.94. The molecule has 0 atom stereocenters. The van der Waals surface area contributed by atoms with E-state index in [-0.39, 0.29) is 13.1 Å². The monoisotopic (exact) mass is 401 g/mol. The summed E-state index contributed by atoms with van der Waals surface area (Å²) in [6.07, 6.45) is 6.03. The van der Waals surface area contributed by atoms with Crippen molar-refractivity contribution in [3.05, 3.63) is 0 Å². The molecule has 144 valence electrons. The maximum Gasteiger partial charge on any atom is 0.454 e. The molecular formula is C12H19NO10S2. The summed E-state index contributed by atoms with van der Waals surface area (Å²) in [6.45, 7) is 0.512. The molecule has 0 unspecified atom stereocenters. The Morgan fingerprint density at radius 3 is 1.92 bits per heavy atom. The minimum atomic E-state index is -4.22. The van der Waals surface area contributed by atoms with E-state index >= 15 is 0 Å². The lowest BCUT2D eigenvalue weighted by molar-refractivity contribution is -0.239. The van der Waals surface area contributed by atoms with Crippen LogP contribution in [0.1, 0.15) is 32.1 Å². The number of hydrogen-bond donors (Lipinski definition) is 0. The lowest BCUT2D eigenvalue weighted by Crippen LogP contribution is -2.59. The molecule has 1 aliphatic carbocycles. The minimum absolute atomic E-state index is 0.256. The summed E-state index contributed by atoms with van der Waals surface area (Å²) in [4.78, 5) is 31.8. The van der Waals surface area contributed by atoms with E-state index in [9.17, 15) is 26.4 Å². The second-order valence-corrected chi connectivity index (χ2v) is 9.28. The average Bonchev–Trinajstić information content (AvgIpc) is 2.49. The highest BCUT2D eigenvalue weighted by Crippen LogP contribution is 2.28. The van der Waals surface area contributed by atoms with Crippen LogP contribution in [0.4, 0.5) is 0 Å². The van der Waals surface area contributed by atoms with Crippen molar-refractivity contribution in [3.63, 3.8) is 0 Å². The summed E-state index contributed by atoms with van der Waals surface area (Å²) in [5.74, 6) is -3.74. The van der Waals surface area contributed by atoms with Gasteiger partial charge in [0.05, 0.1) is 6.26 Å². The molecule has 2 rings (SSSR count). The zero-order valence-corrected chi connectivity index (χ0v) is 15.1. The van der Waals surface area contributed by atoms with Crippen LogP contribution in [0.5, 0.6) is 0 Å². The highest BCUT2D eigenvalue weighted by Gasteiger charge is 2.42. The van der Waals surface area contributed by atoms with Gasteiger partial charge in [-0.25, -0.2) is 9.59 Å². The molecule has 0 N–H and O–H groups in total. The molecule has 0 amide bonds. The second kappa shape index (κ2) is 7.95. The summed E-state index contributed by atoms with van der Waals surface area (Å²) in [5, 5.41) is -0.870. The molecule has 1 saturated heterocycles. The third-order valence-corrected chi connectivity index (χ3v) is 5.67. The molecule has 2 aliphatic rings. The zero-order chi connectivity index (χ0) is 18.7. The predicted octanol–water partition coefficient (Wildman–Crippen LogP) is -0.758. The van der Waals surface area contributed by atoms with Crippen molar-refractivity contribution < 1.29 is 44.9 Å². The smallest absolute Gasteiger partial charge is 0.298 e. The Morgan fingerprint density at radius 2 is 1.40 bits per heavy atom. The Labute approximate surface area is 145 Å². The van der Waals surface area contributed by atoms with Gasteiger partial charge < -0.3 is 0 Å². The summed E-state index contributed by atoms with van der Waals surface area (Å²) in [5.41, 5.74) is 0. The fourth-order valence-corrected chi connectivity index (χ4v) is 3.89. The number of nitrogens with zero attached hydrogens (tertiary/aromatic N) is 1. The molecule has 0 aromatic carbocycles. The van der Waals surface area contributed by atoms with E-state index in [1.165, 1.54) is 6.42 Å². The van der Waals surface area contributed by atoms with Crippen molar-refractivity contribution in [1.82, 2.24) is 4.90 Å². The van der Waals surface area contributed by atoms with Gasteiger partial charge in [-0.15, -0.1) is 0 Å². The van der Waals surface area contributed by atoms with E-state index in [0.717, 1.165) is 25.7 Å². The van der Waals surface area contributed by atoms with Gasteiger partial charge in [-0.3, -0.25) is 14.7 Å². The van der Waals surface area contributed by atoms with Crippen molar-refractivity contribution in [2.24, 2.45) is 0 Å². The zero-order valence-electron chi connectivity index (χ0n) is 13.5. The number of carbonyl (C=O) groups is 2. The van der Waals surface area contributed by atoms with Crippen molar-refractivity contribution in [2.75, 3.05) is 19.3 Å². The van der Waals surface area contributed by atoms with Gasteiger partial charge in [-0.1, -0.05) is 27.9 Å². The van der Waals surface area contributed by atoms with Crippen LogP contribution in [-0.2, 0) is 48.3 Å². The van der Waals surface area contributed by atoms with E-state index in [1.807, 2.05) is 4.90 Å². The molecule has 1 heterocycles. The Balaban J connectivity index is 1.74. The number of likely N-dealkylation sites (tertiary alicyclic amines) is 1. The molecule has 11 nitrogen and oxygen atoms in total. The Hall–Kier alpha value is -1.28. The molecule has 2 fully saturated rings. The van der Waals surface area contributed by atoms with Crippen LogP contribution in [0.2, 0.25) is 0 Å². The maximum absolute atomic E-state index is 11.9. The third-order valence-electron chi connectivity index (χ3n) is 3.98. The molecule has 13 heteroatoms. The average molecular weight is 401 g/mol. The van der Waals surface area contributed by atoms with Crippen molar-refractivity contribution in [2.45, 2.75) is 43.4 Å². The molecule has 0 bridgehead atoms. The van der Waals surface area contributed by atoms with Crippen LogP contribution in [-0.4, -0.2) is 64.3 Å². The van der Waals surface area contributed by atoms with Gasteiger partial charge in [0.15, 0.2) is 0 Å². The van der Waals surface area contributed by atoms with Crippen LogP contribution in [0, 0.1) is 0 Å². The first-order valence-electron chi connectivity index (χ1n) is 7.57. The number of rotatable bonds is 6. The lowest BCUT2D eigenvalue weighted by atomic mass is 9.92. The number of hydrogen-bond acceptors (Lipinski definition) is 11. The van der Waals surface area contributed by atoms with Crippen molar-refractivity contribution in [1.29, 1.82) is 0 Å². The SMILES string of the molecule is CS(=O)(=O)OOC(=O)C(=O)OOS(=O)(=O)C1CN(C2CCCCC2)C1. The first kappa shape index (κ1) is 20.0. The molecule has 0 spiro atoms. The summed E-state index contributed by atoms with van der Waals surface area (Å²) in [6, 6.07) is 0.353. The van der Waals surface area contributed by atoms with Gasteiger partial charge in [0, 0.05) is 19.1 Å². The molecule has 0 radical (unpaired) electrons. The first-order valence-corrected chi connectivity index (χ1v) is 10.9. The maximum atomic E-state index is 11.9. The Morgan fingerprint density at radius 1 is 0.880 bits per heavy atom. The van der Waals surface area contributed by atoms with Crippen LogP contribution in [0.3, 0.4) is 0 Å². The molecule has 0 aromatic heterocycles. The largest absolute Gasteiger partial charge is 0.454 e. The van der Waals surface area contributed by atoms with Gasteiger partial charge in [0.2, 0.25) is 0 Å². The lowest BCUT2D eigenvalue weighted by Gasteiger charge is -2.44. The van der Waals surface area contributed by atoms with Crippen molar-refractivity contribution >= 4 is 32.2 Å². The Bertz CT molecular complexity index is 704. The van der Waals surface area contributed by atoms with Crippen LogP contribution >= 0.6 is 0 Å². The quantitative estimate of drug-likeness (QED) is 0.315. The van der Waals surface area contributed by atoms with Crippen LogP contribution in [0.25, 0.3) is 0 Å². The highest BCUT2D eigenvalue weighted by atomic mass is 32.2. The first-order chi connectivity index (χ1) is 11.6. The van der Waals surface area contributed by atoms with Gasteiger partial charge in [-0.05, 0) is 12.8 Å². The van der Waals surface area contributed by atoms with Crippen LogP contribution < -0.4 is 0 Å². The van der Waals surface area contributed by atoms with Gasteiger partial charge in [0.25, 0.3) is 10.1 Å². The van der Waals surface area contributed by atoms with Crippen LogP contribution in [0.15, 0.2) is 0 Å². The van der Waals surface area contributed by atoms with Gasteiger partial charge >= 0.3 is 22.1 Å². The van der Waals surface area contributed by atoms with Crippen molar-refractivity contribution in [3.8, 4) is 0 Å². The standard InChI is InChI=1S/C12H19NO10S2/c1-24(16,17)22-20-11(14)12(15)21-23-25(18,19)10-7-13(8-10)9-5-3-2-4-6-9/h9-10H,2-8H2,1H3. The summed E-state index contributed by atoms with van der Waals surface area (Å²) < 4.78 is 52.6. The Kier molecular flexibility index (Phi) is 6.37. The number of carbonyl (C=O) groups excluding carboxylic acids is 2.